The van der Waals surface area contributed by atoms with Gasteiger partial charge in [-0.1, -0.05) is 12.1 Å². The van der Waals surface area contributed by atoms with E-state index in [1.165, 1.54) is 12.1 Å². The van der Waals surface area contributed by atoms with Crippen LogP contribution >= 0.6 is 0 Å². The van der Waals surface area contributed by atoms with Crippen molar-refractivity contribution in [3.63, 3.8) is 0 Å². The van der Waals surface area contributed by atoms with Crippen LogP contribution < -0.4 is 5.32 Å². The molecule has 0 aliphatic heterocycles. The molecule has 100 valence electrons. The fourth-order valence-corrected chi connectivity index (χ4v) is 2.52. The molecule has 5 heteroatoms. The van der Waals surface area contributed by atoms with Gasteiger partial charge in [-0.3, -0.25) is 4.79 Å². The summed E-state index contributed by atoms with van der Waals surface area (Å²) in [6.45, 7) is 5.04. The van der Waals surface area contributed by atoms with Crippen molar-refractivity contribution in [2.75, 3.05) is 7.05 Å². The number of hydrogen-bond acceptors (Lipinski definition) is 4. The van der Waals surface area contributed by atoms with E-state index < -0.39 is 15.1 Å². The van der Waals surface area contributed by atoms with Gasteiger partial charge in [0, 0.05) is 5.56 Å². The second kappa shape index (κ2) is 5.63. The number of rotatable bonds is 5. The number of sulfone groups is 1. The molecule has 0 aliphatic carbocycles. The van der Waals surface area contributed by atoms with E-state index in [9.17, 15) is 13.2 Å². The summed E-state index contributed by atoms with van der Waals surface area (Å²) < 4.78 is 23.8. The van der Waals surface area contributed by atoms with Crippen LogP contribution in [0.15, 0.2) is 29.2 Å². The molecule has 1 rings (SSSR count). The number of carbonyl (C=O) groups is 1. The van der Waals surface area contributed by atoms with Crippen molar-refractivity contribution in [2.45, 2.75) is 37.0 Å². The Balaban J connectivity index is 3.05. The largest absolute Gasteiger partial charge is 0.310 e. The molecule has 0 spiro atoms. The van der Waals surface area contributed by atoms with Crippen LogP contribution in [0.1, 0.15) is 31.1 Å². The fraction of sp³-hybridized carbons (Fsp3) is 0.462. The Morgan fingerprint density at radius 1 is 1.11 bits per heavy atom. The lowest BCUT2D eigenvalue weighted by atomic mass is 10.1. The first-order valence-corrected chi connectivity index (χ1v) is 7.40. The maximum atomic E-state index is 11.9. The van der Waals surface area contributed by atoms with E-state index in [1.54, 1.807) is 40.0 Å². The van der Waals surface area contributed by atoms with Crippen molar-refractivity contribution in [3.8, 4) is 0 Å². The third-order valence-electron chi connectivity index (χ3n) is 2.91. The molecule has 4 nitrogen and oxygen atoms in total. The second-order valence-electron chi connectivity index (χ2n) is 4.49. The zero-order valence-electron chi connectivity index (χ0n) is 11.1. The zero-order valence-corrected chi connectivity index (χ0v) is 11.9. The van der Waals surface area contributed by atoms with E-state index in [1.807, 2.05) is 0 Å². The van der Waals surface area contributed by atoms with Gasteiger partial charge in [-0.15, -0.1) is 0 Å². The number of benzene rings is 1. The highest BCUT2D eigenvalue weighted by Gasteiger charge is 2.20. The lowest BCUT2D eigenvalue weighted by Crippen LogP contribution is -2.30. The Morgan fingerprint density at radius 3 is 2.00 bits per heavy atom. The first-order valence-electron chi connectivity index (χ1n) is 5.86. The van der Waals surface area contributed by atoms with Gasteiger partial charge in [0.1, 0.15) is 0 Å². The molecule has 0 bridgehead atoms. The molecule has 0 aliphatic rings. The highest BCUT2D eigenvalue weighted by Crippen LogP contribution is 2.17. The molecule has 0 saturated carbocycles. The Bertz CT molecular complexity index is 518. The second-order valence-corrected chi connectivity index (χ2v) is 7.00. The molecule has 0 saturated heterocycles. The van der Waals surface area contributed by atoms with Crippen molar-refractivity contribution < 1.29 is 13.2 Å². The lowest BCUT2D eigenvalue weighted by molar-refractivity contribution is 0.0955. The Morgan fingerprint density at radius 2 is 1.61 bits per heavy atom. The van der Waals surface area contributed by atoms with Gasteiger partial charge in [-0.05, 0) is 40.0 Å². The van der Waals surface area contributed by atoms with Crippen molar-refractivity contribution in [3.05, 3.63) is 29.8 Å². The molecule has 18 heavy (non-hydrogen) atoms. The van der Waals surface area contributed by atoms with Gasteiger partial charge in [0.05, 0.1) is 16.2 Å². The number of likely N-dealkylation sites (N-methyl/N-ethyl adjacent to an activating group) is 1. The number of ketones is 1. The van der Waals surface area contributed by atoms with Crippen molar-refractivity contribution >= 4 is 15.6 Å². The van der Waals surface area contributed by atoms with Gasteiger partial charge in [-0.2, -0.15) is 0 Å². The monoisotopic (exact) mass is 269 g/mol. The number of hydrogen-bond donors (Lipinski definition) is 1. The molecule has 0 aromatic heterocycles. The van der Waals surface area contributed by atoms with Crippen LogP contribution in [0.25, 0.3) is 0 Å². The van der Waals surface area contributed by atoms with Crippen LogP contribution in [-0.4, -0.2) is 32.5 Å². The smallest absolute Gasteiger partial charge is 0.180 e. The Kier molecular flexibility index (Phi) is 4.65. The molecular weight excluding hydrogens is 250 g/mol. The molecule has 0 amide bonds. The SMILES string of the molecule is CNC(C)C(=O)c1ccc(S(=O)(=O)C(C)C)cc1. The topological polar surface area (TPSA) is 63.2 Å². The highest BCUT2D eigenvalue weighted by molar-refractivity contribution is 7.92. The number of carbonyl (C=O) groups excluding carboxylic acids is 1. The third-order valence-corrected chi connectivity index (χ3v) is 5.08. The van der Waals surface area contributed by atoms with Crippen molar-refractivity contribution in [1.29, 1.82) is 0 Å². The minimum atomic E-state index is -3.27. The molecular formula is C13H19NO3S. The summed E-state index contributed by atoms with van der Waals surface area (Å²) in [4.78, 5) is 12.1. The summed E-state index contributed by atoms with van der Waals surface area (Å²) in [5.41, 5.74) is 0.513. The normalized spacial score (nSPS) is 13.6. The van der Waals surface area contributed by atoms with Gasteiger partial charge in [-0.25, -0.2) is 8.42 Å². The predicted octanol–water partition coefficient (Wildman–Crippen LogP) is 1.66. The first-order chi connectivity index (χ1) is 8.30. The maximum absolute atomic E-state index is 11.9. The van der Waals surface area contributed by atoms with E-state index in [2.05, 4.69) is 5.32 Å². The van der Waals surface area contributed by atoms with E-state index in [0.29, 0.717) is 5.56 Å². The standard InChI is InChI=1S/C13H19NO3S/c1-9(2)18(16,17)12-7-5-11(6-8-12)13(15)10(3)14-4/h5-10,14H,1-4H3. The summed E-state index contributed by atoms with van der Waals surface area (Å²) in [7, 11) is -1.56. The van der Waals surface area contributed by atoms with Crippen LogP contribution in [0.4, 0.5) is 0 Å². The Labute approximate surface area is 108 Å². The van der Waals surface area contributed by atoms with Crippen molar-refractivity contribution in [2.24, 2.45) is 0 Å². The molecule has 1 aromatic carbocycles. The highest BCUT2D eigenvalue weighted by atomic mass is 32.2. The van der Waals surface area contributed by atoms with Crippen LogP contribution in [0, 0.1) is 0 Å². The van der Waals surface area contributed by atoms with Crippen LogP contribution in [0.2, 0.25) is 0 Å². The van der Waals surface area contributed by atoms with E-state index >= 15 is 0 Å². The summed E-state index contributed by atoms with van der Waals surface area (Å²) in [5.74, 6) is -0.0500. The molecule has 1 atom stereocenters. The lowest BCUT2D eigenvalue weighted by Gasteiger charge is -2.11. The van der Waals surface area contributed by atoms with Gasteiger partial charge >= 0.3 is 0 Å². The van der Waals surface area contributed by atoms with Gasteiger partial charge in [0.2, 0.25) is 0 Å². The predicted molar refractivity (Wildman–Crippen MR) is 71.6 cm³/mol. The average molecular weight is 269 g/mol. The summed E-state index contributed by atoms with van der Waals surface area (Å²) in [6, 6.07) is 5.82. The number of Topliss-reactive ketones (excluding diaryl/α,β-unsaturated/α-hetero) is 1. The molecule has 1 aromatic rings. The maximum Gasteiger partial charge on any atom is 0.180 e. The number of nitrogens with one attached hydrogen (secondary N) is 1. The first kappa shape index (κ1) is 14.9. The summed E-state index contributed by atoms with van der Waals surface area (Å²) in [6.07, 6.45) is 0. The van der Waals surface area contributed by atoms with Crippen molar-refractivity contribution in [1.82, 2.24) is 5.32 Å². The van der Waals surface area contributed by atoms with Gasteiger partial charge < -0.3 is 5.32 Å². The minimum Gasteiger partial charge on any atom is -0.310 e. The molecule has 0 heterocycles. The van der Waals surface area contributed by atoms with Gasteiger partial charge in [0.15, 0.2) is 15.6 Å². The van der Waals surface area contributed by atoms with E-state index in [0.717, 1.165) is 0 Å². The van der Waals surface area contributed by atoms with Gasteiger partial charge in [0.25, 0.3) is 0 Å². The minimum absolute atomic E-state index is 0.0500. The molecule has 1 N–H and O–H groups in total. The average Bonchev–Trinajstić information content (AvgIpc) is 2.36. The molecule has 0 radical (unpaired) electrons. The van der Waals surface area contributed by atoms with Crippen LogP contribution in [-0.2, 0) is 9.84 Å². The van der Waals surface area contributed by atoms with E-state index in [4.69, 9.17) is 0 Å². The summed E-state index contributed by atoms with van der Waals surface area (Å²) >= 11 is 0. The zero-order chi connectivity index (χ0) is 13.9. The summed E-state index contributed by atoms with van der Waals surface area (Å²) in [5, 5.41) is 2.40. The Hall–Kier alpha value is -1.20. The fourth-order valence-electron chi connectivity index (χ4n) is 1.46. The molecule has 0 fully saturated rings. The quantitative estimate of drug-likeness (QED) is 0.826. The molecule has 1 unspecified atom stereocenters. The van der Waals surface area contributed by atoms with Crippen LogP contribution in [0.5, 0.6) is 0 Å². The van der Waals surface area contributed by atoms with E-state index in [-0.39, 0.29) is 16.7 Å². The third kappa shape index (κ3) is 2.97. The van der Waals surface area contributed by atoms with Crippen LogP contribution in [0.3, 0.4) is 0 Å².